The van der Waals surface area contributed by atoms with Gasteiger partial charge in [-0.1, -0.05) is 0 Å². The van der Waals surface area contributed by atoms with Crippen molar-refractivity contribution in [1.29, 1.82) is 0 Å². The fraction of sp³-hybridized carbons (Fsp3) is 0.146. The second kappa shape index (κ2) is 21.4. The number of hydrogen-bond acceptors (Lipinski definition) is 22. The highest BCUT2D eigenvalue weighted by Crippen LogP contribution is 2.48. The standard InChI is InChI=1S/C41H40N10O17S5/c1-3-51(4-2)28-13-15-31(30(42)21-28)47-45-27-11-9-25(10-12-27)44-41(53)23-5-7-26(8-6-23)46-50-39-35(72(62,63)64)20-24-19-34(71(59,60)61)38(37(43)36(24)40(39)52)49-48-32-16-14-29(22-33(32)70(56,57)58)69(54,55)18-17-68-73(65,66)67/h5-16,19-22,52H,3-4,17-18,42-43H2,1-2H3,(H,44,53)(H,56,57,58)(H,59,60,61)(H,62,63,64)(H,65,66,67). The Kier molecular flexibility index (Phi) is 16.1. The van der Waals surface area contributed by atoms with Crippen LogP contribution in [-0.4, -0.2) is 96.8 Å². The van der Waals surface area contributed by atoms with Crippen molar-refractivity contribution in [3.63, 3.8) is 0 Å². The number of phenols is 1. The molecule has 32 heteroatoms. The van der Waals surface area contributed by atoms with E-state index < -0.39 is 128 Å². The summed E-state index contributed by atoms with van der Waals surface area (Å²) in [5.41, 5.74) is 11.4. The van der Waals surface area contributed by atoms with Gasteiger partial charge in [-0.2, -0.15) is 43.9 Å². The van der Waals surface area contributed by atoms with Crippen LogP contribution in [0.5, 0.6) is 5.75 Å². The number of nitrogens with two attached hydrogens (primary N) is 2. The van der Waals surface area contributed by atoms with Gasteiger partial charge in [-0.05, 0) is 116 Å². The minimum Gasteiger partial charge on any atom is -0.505 e. The number of carbonyl (C=O) groups excluding carboxylic acids is 1. The van der Waals surface area contributed by atoms with Gasteiger partial charge < -0.3 is 26.8 Å². The molecule has 0 heterocycles. The molecular weight excluding hydrogens is 1060 g/mol. The third-order valence-electron chi connectivity index (χ3n) is 10.2. The molecule has 6 rings (SSSR count). The SMILES string of the molecule is CCN(CC)c1ccc(N=Nc2ccc(NC(=O)c3ccc(N=Nc4c(S(=O)(=O)O)cc5cc(S(=O)(=O)O)c(N=Nc6ccc(S(=O)(=O)CCOS(=O)(=O)O)cc6S(=O)(=O)O)c(N)c5c4O)cc3)cc2)c(N)c1. The number of aromatic hydroxyl groups is 1. The molecule has 0 saturated carbocycles. The number of nitrogen functional groups attached to an aromatic ring is 2. The highest BCUT2D eigenvalue weighted by atomic mass is 32.3. The first-order valence-electron chi connectivity index (χ1n) is 20.4. The Balaban J connectivity index is 1.27. The van der Waals surface area contributed by atoms with Crippen LogP contribution < -0.4 is 21.7 Å². The molecule has 1 amide bonds. The molecule has 27 nitrogen and oxygen atoms in total. The van der Waals surface area contributed by atoms with Crippen molar-refractivity contribution >= 4 is 124 Å². The summed E-state index contributed by atoms with van der Waals surface area (Å²) >= 11 is 0. The molecule has 0 unspecified atom stereocenters. The Morgan fingerprint density at radius 2 is 1.14 bits per heavy atom. The zero-order valence-electron chi connectivity index (χ0n) is 37.5. The van der Waals surface area contributed by atoms with Gasteiger partial charge in [0.1, 0.15) is 37.4 Å². The Morgan fingerprint density at radius 1 is 0.616 bits per heavy atom. The molecule has 0 fully saturated rings. The highest BCUT2D eigenvalue weighted by Gasteiger charge is 2.29. The molecule has 0 atom stereocenters. The molecule has 0 radical (unpaired) electrons. The molecule has 0 bridgehead atoms. The second-order valence-corrected chi connectivity index (χ2v) is 22.4. The number of rotatable bonds is 19. The normalized spacial score (nSPS) is 12.8. The second-order valence-electron chi connectivity index (χ2n) is 15.0. The first kappa shape index (κ1) is 54.9. The van der Waals surface area contributed by atoms with Gasteiger partial charge in [-0.3, -0.25) is 23.0 Å². The van der Waals surface area contributed by atoms with E-state index in [4.69, 9.17) is 16.0 Å². The van der Waals surface area contributed by atoms with Crippen LogP contribution in [0.1, 0.15) is 24.2 Å². The maximum Gasteiger partial charge on any atom is 0.397 e. The number of benzene rings is 6. The minimum absolute atomic E-state index is 0.0422. The van der Waals surface area contributed by atoms with Crippen LogP contribution in [0, 0.1) is 0 Å². The third kappa shape index (κ3) is 13.4. The number of nitrogens with zero attached hydrogens (tertiary/aromatic N) is 7. The Bertz CT molecular complexity index is 3840. The van der Waals surface area contributed by atoms with E-state index >= 15 is 0 Å². The van der Waals surface area contributed by atoms with Gasteiger partial charge in [0.25, 0.3) is 36.3 Å². The molecule has 73 heavy (non-hydrogen) atoms. The fourth-order valence-corrected chi connectivity index (χ4v) is 10.2. The van der Waals surface area contributed by atoms with Crippen LogP contribution in [0.15, 0.2) is 147 Å². The van der Waals surface area contributed by atoms with Gasteiger partial charge >= 0.3 is 10.4 Å². The smallest absolute Gasteiger partial charge is 0.397 e. The van der Waals surface area contributed by atoms with Crippen LogP contribution >= 0.6 is 0 Å². The van der Waals surface area contributed by atoms with E-state index in [1.807, 2.05) is 26.0 Å². The van der Waals surface area contributed by atoms with E-state index in [1.54, 1.807) is 30.3 Å². The van der Waals surface area contributed by atoms with Crippen LogP contribution in [0.2, 0.25) is 0 Å². The molecule has 10 N–H and O–H groups in total. The molecule has 6 aromatic carbocycles. The number of anilines is 4. The quantitative estimate of drug-likeness (QED) is 0.0222. The summed E-state index contributed by atoms with van der Waals surface area (Å²) in [5, 5.41) is 36.2. The Labute approximate surface area is 416 Å². The van der Waals surface area contributed by atoms with Crippen LogP contribution in [0.4, 0.5) is 56.9 Å². The van der Waals surface area contributed by atoms with Crippen LogP contribution in [0.25, 0.3) is 10.8 Å². The van der Waals surface area contributed by atoms with Crippen LogP contribution in [0.3, 0.4) is 0 Å². The number of fused-ring (bicyclic) bond motifs is 1. The molecule has 0 aliphatic heterocycles. The van der Waals surface area contributed by atoms with Crippen molar-refractivity contribution in [1.82, 2.24) is 0 Å². The lowest BCUT2D eigenvalue weighted by Crippen LogP contribution is -2.21. The molecule has 0 aliphatic rings. The van der Waals surface area contributed by atoms with Gasteiger partial charge in [0, 0.05) is 30.0 Å². The first-order valence-corrected chi connectivity index (χ1v) is 27.8. The molecule has 0 aliphatic carbocycles. The van der Waals surface area contributed by atoms with E-state index in [0.29, 0.717) is 53.1 Å². The van der Waals surface area contributed by atoms with E-state index in [-0.39, 0.29) is 11.3 Å². The van der Waals surface area contributed by atoms with E-state index in [2.05, 4.69) is 45.1 Å². The van der Waals surface area contributed by atoms with Gasteiger partial charge in [0.05, 0.1) is 45.4 Å². The molecule has 0 spiro atoms. The number of sulfone groups is 1. The maximum absolute atomic E-state index is 13.1. The van der Waals surface area contributed by atoms with Crippen molar-refractivity contribution in [2.45, 2.75) is 33.4 Å². The molecule has 386 valence electrons. The summed E-state index contributed by atoms with van der Waals surface area (Å²) in [4.78, 5) is 10.8. The first-order chi connectivity index (χ1) is 34.0. The average molecular weight is 1110 g/mol. The molecular formula is C41H40N10O17S5. The predicted molar refractivity (Wildman–Crippen MR) is 263 cm³/mol. The summed E-state index contributed by atoms with van der Waals surface area (Å²) in [6.45, 7) is 4.57. The molecule has 6 aromatic rings. The number of hydrogen-bond donors (Lipinski definition) is 8. The number of nitrogens with one attached hydrogen (secondary N) is 1. The third-order valence-corrected chi connectivity index (χ3v) is 15.0. The van der Waals surface area contributed by atoms with Gasteiger partial charge in [-0.25, -0.2) is 12.6 Å². The minimum atomic E-state index is -5.43. The van der Waals surface area contributed by atoms with Crippen molar-refractivity contribution in [3.05, 3.63) is 103 Å². The van der Waals surface area contributed by atoms with E-state index in [0.717, 1.165) is 18.8 Å². The van der Waals surface area contributed by atoms with E-state index in [1.165, 1.54) is 24.3 Å². The summed E-state index contributed by atoms with van der Waals surface area (Å²) in [5.74, 6) is -2.86. The van der Waals surface area contributed by atoms with Crippen LogP contribution in [-0.2, 0) is 54.8 Å². The maximum atomic E-state index is 13.1. The zero-order valence-corrected chi connectivity index (χ0v) is 41.6. The lowest BCUT2D eigenvalue weighted by molar-refractivity contribution is 0.102. The summed E-state index contributed by atoms with van der Waals surface area (Å²) < 4.78 is 165. The predicted octanol–water partition coefficient (Wildman–Crippen LogP) is 7.39. The van der Waals surface area contributed by atoms with Crippen molar-refractivity contribution in [3.8, 4) is 5.75 Å². The number of azo groups is 3. The monoisotopic (exact) mass is 1100 g/mol. The summed E-state index contributed by atoms with van der Waals surface area (Å²) in [6.07, 6.45) is 0. The Hall–Kier alpha value is -7.40. The van der Waals surface area contributed by atoms with Gasteiger partial charge in [0.15, 0.2) is 15.6 Å². The van der Waals surface area contributed by atoms with Gasteiger partial charge in [-0.15, -0.1) is 20.5 Å². The number of phenolic OH excluding ortho intramolecular Hbond substituents is 1. The van der Waals surface area contributed by atoms with Crippen molar-refractivity contribution in [2.24, 2.45) is 30.7 Å². The summed E-state index contributed by atoms with van der Waals surface area (Å²) in [7, 11) is -25.8. The fourth-order valence-electron chi connectivity index (χ4n) is 6.68. The van der Waals surface area contributed by atoms with E-state index in [9.17, 15) is 65.6 Å². The number of carbonyl (C=O) groups is 1. The highest BCUT2D eigenvalue weighted by molar-refractivity contribution is 7.91. The van der Waals surface area contributed by atoms with Gasteiger partial charge in [0.2, 0.25) is 0 Å². The lowest BCUT2D eigenvalue weighted by atomic mass is 10.1. The van der Waals surface area contributed by atoms with Crippen molar-refractivity contribution in [2.75, 3.05) is 47.1 Å². The Morgan fingerprint density at radius 3 is 1.68 bits per heavy atom. The van der Waals surface area contributed by atoms with Crippen molar-refractivity contribution < 1.29 is 74.4 Å². The topological polar surface area (TPSA) is 440 Å². The lowest BCUT2D eigenvalue weighted by Gasteiger charge is -2.21. The molecule has 0 aromatic heterocycles. The largest absolute Gasteiger partial charge is 0.505 e. The zero-order chi connectivity index (χ0) is 53.8. The molecule has 0 saturated heterocycles. The summed E-state index contributed by atoms with van der Waals surface area (Å²) in [6, 6.07) is 19.9. The number of amides is 1. The average Bonchev–Trinajstić information content (AvgIpc) is 3.30.